The second-order valence-corrected chi connectivity index (χ2v) is 28.6. The number of aliphatic hydroxyl groups is 3. The van der Waals surface area contributed by atoms with E-state index in [1.54, 1.807) is 34.6 Å². The first-order valence-electron chi connectivity index (χ1n) is 36.3. The minimum atomic E-state index is -1.90. The molecule has 1 saturated heterocycles. The van der Waals surface area contributed by atoms with Crippen molar-refractivity contribution < 1.29 is 122 Å². The minimum Gasteiger partial charge on any atom is -0.481 e. The monoisotopic (exact) mass is 1560 g/mol. The van der Waals surface area contributed by atoms with Crippen molar-refractivity contribution >= 4 is 107 Å². The largest absolute Gasteiger partial charge is 0.481 e. The molecule has 41 heteroatoms. The van der Waals surface area contributed by atoms with Gasteiger partial charge in [0.15, 0.2) is 0 Å². The molecule has 1 aliphatic rings. The maximum absolute atomic E-state index is 14.7. The first kappa shape index (κ1) is 97.3. The predicted octanol–water partition coefficient (Wildman–Crippen LogP) is -6.38. The molecular weight excluding hydrogens is 1440 g/mol. The van der Waals surface area contributed by atoms with Gasteiger partial charge in [0, 0.05) is 25.8 Å². The molecule has 1 heterocycles. The summed E-state index contributed by atoms with van der Waals surface area (Å²) in [5.74, 6) is -23.3. The Balaban J connectivity index is 3.62. The Hall–Kier alpha value is -9.74. The number of primary amides is 1. The summed E-state index contributed by atoms with van der Waals surface area (Å²) in [6, 6.07) is -22.5. The lowest BCUT2D eigenvalue weighted by Crippen LogP contribution is -2.62. The third kappa shape index (κ3) is 34.6. The van der Waals surface area contributed by atoms with E-state index in [9.17, 15) is 117 Å². The average molecular weight is 1560 g/mol. The summed E-state index contributed by atoms with van der Waals surface area (Å²) in [6.45, 7) is 14.9. The van der Waals surface area contributed by atoms with Crippen LogP contribution in [-0.4, -0.2) is 264 Å². The summed E-state index contributed by atoms with van der Waals surface area (Å²) < 4.78 is 0. The number of likely N-dealkylation sites (tertiary alicyclic amines) is 1. The quantitative estimate of drug-likeness (QED) is 0.0252. The zero-order valence-electron chi connectivity index (χ0n) is 63.6. The first-order valence-corrected chi connectivity index (χ1v) is 36.3. The van der Waals surface area contributed by atoms with Crippen molar-refractivity contribution in [1.82, 2.24) is 68.7 Å². The van der Waals surface area contributed by atoms with E-state index in [1.807, 2.05) is 0 Å². The van der Waals surface area contributed by atoms with Crippen LogP contribution in [0.3, 0.4) is 0 Å². The van der Waals surface area contributed by atoms with Crippen LogP contribution in [0, 0.1) is 29.6 Å². The summed E-state index contributed by atoms with van der Waals surface area (Å²) >= 11 is 0. The molecule has 0 bridgehead atoms. The fourth-order valence-corrected chi connectivity index (χ4v) is 11.3. The van der Waals surface area contributed by atoms with Crippen molar-refractivity contribution in [3.63, 3.8) is 0 Å². The Morgan fingerprint density at radius 3 is 1.28 bits per heavy atom. The van der Waals surface area contributed by atoms with Gasteiger partial charge in [-0.1, -0.05) is 75.7 Å². The van der Waals surface area contributed by atoms with E-state index in [0.717, 1.165) is 11.8 Å². The van der Waals surface area contributed by atoms with Crippen LogP contribution in [0.15, 0.2) is 0 Å². The molecule has 0 radical (unpaired) electrons. The van der Waals surface area contributed by atoms with Crippen molar-refractivity contribution in [2.24, 2.45) is 46.8 Å². The Morgan fingerprint density at radius 1 is 0.431 bits per heavy atom. The van der Waals surface area contributed by atoms with Gasteiger partial charge in [-0.15, -0.1) is 0 Å². The van der Waals surface area contributed by atoms with E-state index in [2.05, 4.69) is 63.8 Å². The molecule has 0 aliphatic carbocycles. The average Bonchev–Trinajstić information content (AvgIpc) is 1.73. The summed E-state index contributed by atoms with van der Waals surface area (Å²) in [5, 5.41) is 97.1. The number of aliphatic carboxylic acids is 4. The van der Waals surface area contributed by atoms with Gasteiger partial charge in [0.2, 0.25) is 82.7 Å². The number of carbonyl (C=O) groups excluding carboxylic acids is 14. The van der Waals surface area contributed by atoms with Crippen LogP contribution in [0.2, 0.25) is 0 Å². The van der Waals surface area contributed by atoms with E-state index >= 15 is 0 Å². The van der Waals surface area contributed by atoms with Crippen LogP contribution >= 0.6 is 0 Å². The Bertz CT molecular complexity index is 3160. The SMILES string of the molecule is CC[C@H](C)[C@H](NC(=O)[C@H](CC(N)=O)NC(=O)[C@H](CO)NC(=O)[C@@H](N)CCC(=O)O)C(=O)N[C@H](C(=O)N[C@@H](CCC(=O)O)C(=O)N[C@@H](CCCCN)C(=O)N[C@@H](CC(C)C)C(=O)N[C@@H](CC(C)C)C(=O)N1CCC[C@H]1C(=O)N[C@@H](CCC(=O)O)C(=O)N[C@@H](CO)C(=O)N[C@H](C(=O)N[C@H](C(=O)O)C(C)C)[C@@H](C)O)C(C)C. The number of rotatable bonds is 52. The second kappa shape index (κ2) is 48.6. The Morgan fingerprint density at radius 2 is 0.807 bits per heavy atom. The lowest BCUT2D eigenvalue weighted by molar-refractivity contribution is -0.144. The molecule has 0 spiro atoms. The van der Waals surface area contributed by atoms with E-state index in [1.165, 1.54) is 34.6 Å². The molecule has 109 heavy (non-hydrogen) atoms. The van der Waals surface area contributed by atoms with Crippen LogP contribution in [-0.2, 0) is 86.3 Å². The summed E-state index contributed by atoms with van der Waals surface area (Å²) in [6.07, 6.45) is -5.44. The molecule has 14 amide bonds. The van der Waals surface area contributed by atoms with Crippen LogP contribution < -0.4 is 81.0 Å². The van der Waals surface area contributed by atoms with Crippen LogP contribution in [0.25, 0.3) is 0 Å². The molecule has 0 aromatic heterocycles. The van der Waals surface area contributed by atoms with Gasteiger partial charge >= 0.3 is 23.9 Å². The number of hydrogen-bond acceptors (Lipinski definition) is 23. The molecule has 41 nitrogen and oxygen atoms in total. The molecule has 16 atom stereocenters. The van der Waals surface area contributed by atoms with Crippen molar-refractivity contribution in [1.29, 1.82) is 0 Å². The molecule has 0 unspecified atom stereocenters. The normalized spacial score (nSPS) is 16.9. The number of carbonyl (C=O) groups is 18. The van der Waals surface area contributed by atoms with Crippen molar-refractivity contribution in [2.75, 3.05) is 26.3 Å². The van der Waals surface area contributed by atoms with Crippen LogP contribution in [0.4, 0.5) is 0 Å². The van der Waals surface area contributed by atoms with Gasteiger partial charge in [0.25, 0.3) is 0 Å². The number of nitrogens with two attached hydrogens (primary N) is 3. The fraction of sp³-hybridized carbons (Fsp3) is 0.735. The van der Waals surface area contributed by atoms with Crippen LogP contribution in [0.1, 0.15) is 172 Å². The smallest absolute Gasteiger partial charge is 0.326 e. The zero-order chi connectivity index (χ0) is 83.4. The third-order valence-corrected chi connectivity index (χ3v) is 17.6. The molecule has 0 saturated carbocycles. The highest BCUT2D eigenvalue weighted by Gasteiger charge is 2.43. The van der Waals surface area contributed by atoms with E-state index in [-0.39, 0.29) is 76.3 Å². The van der Waals surface area contributed by atoms with Crippen molar-refractivity contribution in [3.8, 4) is 0 Å². The lowest BCUT2D eigenvalue weighted by Gasteiger charge is -2.32. The van der Waals surface area contributed by atoms with Gasteiger partial charge in [-0.05, 0) is 107 Å². The van der Waals surface area contributed by atoms with Crippen molar-refractivity contribution in [3.05, 3.63) is 0 Å². The topological polar surface area (TPSA) is 675 Å². The highest BCUT2D eigenvalue weighted by Crippen LogP contribution is 2.22. The molecule has 25 N–H and O–H groups in total. The van der Waals surface area contributed by atoms with Gasteiger partial charge in [-0.25, -0.2) is 4.79 Å². The van der Waals surface area contributed by atoms with Crippen molar-refractivity contribution in [2.45, 2.75) is 263 Å². The fourth-order valence-electron chi connectivity index (χ4n) is 11.3. The molecule has 618 valence electrons. The second-order valence-electron chi connectivity index (χ2n) is 28.6. The van der Waals surface area contributed by atoms with Gasteiger partial charge in [0.1, 0.15) is 78.5 Å². The van der Waals surface area contributed by atoms with Gasteiger partial charge in [-0.3, -0.25) is 81.5 Å². The number of hydrogen-bond donors (Lipinski definition) is 22. The minimum absolute atomic E-state index is 0.00986. The molecule has 0 aromatic carbocycles. The lowest BCUT2D eigenvalue weighted by atomic mass is 9.95. The first-order chi connectivity index (χ1) is 50.8. The Kier molecular flexibility index (Phi) is 43.4. The number of aliphatic hydroxyl groups excluding tert-OH is 3. The van der Waals surface area contributed by atoms with Crippen LogP contribution in [0.5, 0.6) is 0 Å². The molecule has 1 aliphatic heterocycles. The van der Waals surface area contributed by atoms with E-state index < -0.39 is 267 Å². The summed E-state index contributed by atoms with van der Waals surface area (Å²) in [5.41, 5.74) is 16.9. The number of carboxylic acids is 4. The number of amides is 14. The number of unbranched alkanes of at least 4 members (excludes halogenated alkanes) is 1. The number of nitrogens with one attached hydrogen (secondary N) is 12. The molecule has 1 fully saturated rings. The predicted molar refractivity (Wildman–Crippen MR) is 385 cm³/mol. The highest BCUT2D eigenvalue weighted by atomic mass is 16.4. The number of nitrogens with zero attached hydrogens (tertiary/aromatic N) is 1. The summed E-state index contributed by atoms with van der Waals surface area (Å²) in [7, 11) is 0. The molecular formula is C68H116N16O25. The zero-order valence-corrected chi connectivity index (χ0v) is 63.6. The maximum Gasteiger partial charge on any atom is 0.326 e. The van der Waals surface area contributed by atoms with E-state index in [4.69, 9.17) is 22.3 Å². The highest BCUT2D eigenvalue weighted by molar-refractivity contribution is 6.01. The Labute approximate surface area is 631 Å². The van der Waals surface area contributed by atoms with Gasteiger partial charge < -0.3 is 122 Å². The van der Waals surface area contributed by atoms with Gasteiger partial charge in [0.05, 0.1) is 31.8 Å². The standard InChI is InChI=1S/C68H116N16O25/c1-12-35(10)53(82-60(100)42(28-47(71)88)76-61(101)44(29-85)78-55(95)37(70)18-21-48(89)90)65(105)80-51(33(6)7)64(104)74-40(20-23-50(93)94)57(97)72-38(16-13-14-24-69)56(96)75-41(26-31(2)3)59(99)77-43(27-32(4)5)67(107)84-25-15-17-46(84)63(103)73-39(19-22-49(91)92)58(98)79-45(30-86)62(102)83-54(36(11)87)66(106)81-52(34(8)9)68(108)109/h31-46,51-54,85-87H,12-30,69-70H2,1-11H3,(H2,71,88)(H,72,97)(H,73,103)(H,74,104)(H,75,96)(H,76,101)(H,77,99)(H,78,95)(H,79,98)(H,80,105)(H,81,106)(H,82,100)(H,83,102)(H,89,90)(H,91,92)(H,93,94)(H,108,109)/t35-,36+,37-,38-,39-,40-,41-,42-,43-,44-,45-,46-,51-,52-,53-,54-/m0/s1. The summed E-state index contributed by atoms with van der Waals surface area (Å²) in [4.78, 5) is 242. The maximum atomic E-state index is 14.7. The molecule has 1 rings (SSSR count). The van der Waals surface area contributed by atoms with E-state index in [0.29, 0.717) is 6.42 Å². The third-order valence-electron chi connectivity index (χ3n) is 17.6. The van der Waals surface area contributed by atoms with Gasteiger partial charge in [-0.2, -0.15) is 0 Å². The number of carboxylic acid groups (broad SMARTS) is 4. The molecule has 0 aromatic rings.